The smallest absolute Gasteiger partial charge is 0.263 e. The van der Waals surface area contributed by atoms with Gasteiger partial charge in [0, 0.05) is 17.6 Å². The van der Waals surface area contributed by atoms with Gasteiger partial charge in [0.25, 0.3) is 5.91 Å². The number of morpholine rings is 1. The minimum absolute atomic E-state index is 0.270. The second kappa shape index (κ2) is 6.49. The number of nitrogens with zero attached hydrogens (tertiary/aromatic N) is 1. The van der Waals surface area contributed by atoms with Gasteiger partial charge in [-0.2, -0.15) is 4.39 Å². The molecule has 0 radical (unpaired) electrons. The molecule has 1 aliphatic rings. The third kappa shape index (κ3) is 3.46. The molecular weight excluding hydrogens is 336 g/mol. The third-order valence-electron chi connectivity index (χ3n) is 2.93. The zero-order valence-corrected chi connectivity index (χ0v) is 12.5. The van der Waals surface area contributed by atoms with Gasteiger partial charge in [0.1, 0.15) is 0 Å². The van der Waals surface area contributed by atoms with Crippen LogP contribution in [0.5, 0.6) is 5.75 Å². The molecule has 1 atom stereocenters. The van der Waals surface area contributed by atoms with Crippen molar-refractivity contribution in [2.24, 2.45) is 0 Å². The van der Waals surface area contributed by atoms with Crippen LogP contribution in [0.4, 0.5) is 8.78 Å². The molecule has 2 rings (SSSR count). The molecule has 1 heterocycles. The fourth-order valence-corrected chi connectivity index (χ4v) is 2.31. The maximum atomic E-state index is 13.6. The van der Waals surface area contributed by atoms with E-state index in [1.165, 1.54) is 13.0 Å². The molecule has 1 fully saturated rings. The van der Waals surface area contributed by atoms with Gasteiger partial charge in [-0.3, -0.25) is 4.79 Å². The molecule has 1 saturated heterocycles. The highest BCUT2D eigenvalue weighted by molar-refractivity contribution is 9.10. The zero-order chi connectivity index (χ0) is 14.7. The van der Waals surface area contributed by atoms with Crippen LogP contribution in [-0.2, 0) is 9.53 Å². The summed E-state index contributed by atoms with van der Waals surface area (Å²) in [5.74, 6) is -2.69. The van der Waals surface area contributed by atoms with E-state index in [4.69, 9.17) is 9.47 Å². The molecule has 1 aromatic carbocycles. The molecule has 0 aliphatic carbocycles. The number of hydrogen-bond acceptors (Lipinski definition) is 3. The highest BCUT2D eigenvalue weighted by atomic mass is 79.9. The van der Waals surface area contributed by atoms with Crippen LogP contribution >= 0.6 is 15.9 Å². The molecule has 1 amide bonds. The Morgan fingerprint density at radius 2 is 2.05 bits per heavy atom. The molecule has 1 unspecified atom stereocenters. The SMILES string of the molecule is CC(Oc1cc(Br)cc(F)c1F)C(=O)N1CCOCC1. The Bertz CT molecular complexity index is 507. The highest BCUT2D eigenvalue weighted by Gasteiger charge is 2.25. The van der Waals surface area contributed by atoms with E-state index in [1.54, 1.807) is 4.90 Å². The quantitative estimate of drug-likeness (QED) is 0.786. The summed E-state index contributed by atoms with van der Waals surface area (Å²) in [5.41, 5.74) is 0. The van der Waals surface area contributed by atoms with Crippen LogP contribution in [0.2, 0.25) is 0 Å². The van der Waals surface area contributed by atoms with E-state index < -0.39 is 17.7 Å². The first kappa shape index (κ1) is 15.2. The molecule has 1 aliphatic heterocycles. The summed E-state index contributed by atoms with van der Waals surface area (Å²) in [6.07, 6.45) is -0.892. The van der Waals surface area contributed by atoms with Crippen molar-refractivity contribution in [3.8, 4) is 5.75 Å². The van der Waals surface area contributed by atoms with E-state index in [2.05, 4.69) is 15.9 Å². The van der Waals surface area contributed by atoms with Gasteiger partial charge in [0.05, 0.1) is 13.2 Å². The van der Waals surface area contributed by atoms with Crippen LogP contribution < -0.4 is 4.74 Å². The second-order valence-corrected chi connectivity index (χ2v) is 5.31. The minimum Gasteiger partial charge on any atom is -0.478 e. The number of carbonyl (C=O) groups excluding carboxylic acids is 1. The number of ether oxygens (including phenoxy) is 2. The predicted molar refractivity (Wildman–Crippen MR) is 71.5 cm³/mol. The summed E-state index contributed by atoms with van der Waals surface area (Å²) in [6.45, 7) is 3.40. The average molecular weight is 350 g/mol. The fourth-order valence-electron chi connectivity index (χ4n) is 1.90. The van der Waals surface area contributed by atoms with Gasteiger partial charge >= 0.3 is 0 Å². The van der Waals surface area contributed by atoms with Gasteiger partial charge in [-0.15, -0.1) is 0 Å². The average Bonchev–Trinajstić information content (AvgIpc) is 2.44. The van der Waals surface area contributed by atoms with Crippen molar-refractivity contribution in [2.45, 2.75) is 13.0 Å². The lowest BCUT2D eigenvalue weighted by atomic mass is 10.3. The first-order valence-corrected chi connectivity index (χ1v) is 6.96. The predicted octanol–water partition coefficient (Wildman–Crippen LogP) is 2.35. The van der Waals surface area contributed by atoms with Crippen molar-refractivity contribution in [1.29, 1.82) is 0 Å². The normalized spacial score (nSPS) is 16.9. The van der Waals surface area contributed by atoms with Gasteiger partial charge in [-0.1, -0.05) is 15.9 Å². The van der Waals surface area contributed by atoms with Crippen LogP contribution in [0.1, 0.15) is 6.92 Å². The lowest BCUT2D eigenvalue weighted by molar-refractivity contribution is -0.142. The Balaban J connectivity index is 2.07. The molecule has 4 nitrogen and oxygen atoms in total. The summed E-state index contributed by atoms with van der Waals surface area (Å²) >= 11 is 3.05. The monoisotopic (exact) mass is 349 g/mol. The molecule has 7 heteroatoms. The van der Waals surface area contributed by atoms with Crippen molar-refractivity contribution in [1.82, 2.24) is 4.90 Å². The van der Waals surface area contributed by atoms with E-state index in [-0.39, 0.29) is 11.7 Å². The van der Waals surface area contributed by atoms with Gasteiger partial charge in [0.2, 0.25) is 5.82 Å². The number of rotatable bonds is 3. The van der Waals surface area contributed by atoms with E-state index in [0.29, 0.717) is 30.8 Å². The van der Waals surface area contributed by atoms with Gasteiger partial charge in [0.15, 0.2) is 17.7 Å². The van der Waals surface area contributed by atoms with Crippen LogP contribution in [0.15, 0.2) is 16.6 Å². The third-order valence-corrected chi connectivity index (χ3v) is 3.39. The lowest BCUT2D eigenvalue weighted by Crippen LogP contribution is -2.46. The number of halogens is 3. The first-order chi connectivity index (χ1) is 9.49. The summed E-state index contributed by atoms with van der Waals surface area (Å²) < 4.78 is 37.6. The number of amides is 1. The topological polar surface area (TPSA) is 38.8 Å². The zero-order valence-electron chi connectivity index (χ0n) is 10.9. The van der Waals surface area contributed by atoms with Crippen molar-refractivity contribution < 1.29 is 23.0 Å². The van der Waals surface area contributed by atoms with Crippen LogP contribution in [0, 0.1) is 11.6 Å². The maximum absolute atomic E-state index is 13.6. The van der Waals surface area contributed by atoms with E-state index >= 15 is 0 Å². The largest absolute Gasteiger partial charge is 0.478 e. The van der Waals surface area contributed by atoms with Crippen LogP contribution in [-0.4, -0.2) is 43.2 Å². The standard InChI is InChI=1S/C13H14BrF2NO3/c1-8(13(18)17-2-4-19-5-3-17)20-11-7-9(14)6-10(15)12(11)16/h6-8H,2-5H2,1H3. The summed E-state index contributed by atoms with van der Waals surface area (Å²) in [4.78, 5) is 13.7. The molecule has 0 spiro atoms. The molecule has 0 bridgehead atoms. The molecule has 110 valence electrons. The number of hydrogen-bond donors (Lipinski definition) is 0. The fraction of sp³-hybridized carbons (Fsp3) is 0.462. The summed E-state index contributed by atoms with van der Waals surface area (Å²) in [7, 11) is 0. The Kier molecular flexibility index (Phi) is 4.93. The summed E-state index contributed by atoms with van der Waals surface area (Å²) in [5, 5.41) is 0. The van der Waals surface area contributed by atoms with Crippen molar-refractivity contribution >= 4 is 21.8 Å². The molecule has 20 heavy (non-hydrogen) atoms. The Labute approximate surface area is 123 Å². The Hall–Kier alpha value is -1.21. The number of carbonyl (C=O) groups is 1. The second-order valence-electron chi connectivity index (χ2n) is 4.40. The van der Waals surface area contributed by atoms with Gasteiger partial charge in [-0.05, 0) is 19.1 Å². The molecule has 0 N–H and O–H groups in total. The van der Waals surface area contributed by atoms with E-state index in [9.17, 15) is 13.6 Å². The van der Waals surface area contributed by atoms with Crippen molar-refractivity contribution in [2.75, 3.05) is 26.3 Å². The first-order valence-electron chi connectivity index (χ1n) is 6.17. The number of benzene rings is 1. The van der Waals surface area contributed by atoms with Crippen LogP contribution in [0.3, 0.4) is 0 Å². The molecule has 0 saturated carbocycles. The molecule has 0 aromatic heterocycles. The van der Waals surface area contributed by atoms with Crippen molar-refractivity contribution in [3.05, 3.63) is 28.2 Å². The van der Waals surface area contributed by atoms with E-state index in [0.717, 1.165) is 6.07 Å². The summed E-state index contributed by atoms with van der Waals surface area (Å²) in [6, 6.07) is 2.29. The van der Waals surface area contributed by atoms with Crippen LogP contribution in [0.25, 0.3) is 0 Å². The van der Waals surface area contributed by atoms with Gasteiger partial charge < -0.3 is 14.4 Å². The van der Waals surface area contributed by atoms with Gasteiger partial charge in [-0.25, -0.2) is 4.39 Å². The highest BCUT2D eigenvalue weighted by Crippen LogP contribution is 2.26. The molecular formula is C13H14BrF2NO3. The van der Waals surface area contributed by atoms with Crippen molar-refractivity contribution in [3.63, 3.8) is 0 Å². The Morgan fingerprint density at radius 1 is 1.40 bits per heavy atom. The minimum atomic E-state index is -1.10. The van der Waals surface area contributed by atoms with E-state index in [1.807, 2.05) is 0 Å². The molecule has 1 aromatic rings. The maximum Gasteiger partial charge on any atom is 0.263 e. The lowest BCUT2D eigenvalue weighted by Gasteiger charge is -2.29. The Morgan fingerprint density at radius 3 is 2.70 bits per heavy atom.